The number of hydrogen-bond donors (Lipinski definition) is 1. The standard InChI is InChI=1S/C16H18O4/c1-3-20-16(19)14(12(2)9-10-15(17)18)11-13-7-5-4-6-8-13/h4-10H,3,11H2,1-2H3,(H,17,18)/b10-9+,14-12-. The van der Waals surface area contributed by atoms with Crippen LogP contribution in [0.3, 0.4) is 0 Å². The average molecular weight is 274 g/mol. The minimum atomic E-state index is -1.05. The number of aliphatic carboxylic acids is 1. The summed E-state index contributed by atoms with van der Waals surface area (Å²) in [6.45, 7) is 3.72. The van der Waals surface area contributed by atoms with E-state index in [0.29, 0.717) is 17.6 Å². The Labute approximate surface area is 118 Å². The molecule has 0 saturated carbocycles. The normalized spacial score (nSPS) is 12.1. The predicted octanol–water partition coefficient (Wildman–Crippen LogP) is 2.75. The van der Waals surface area contributed by atoms with E-state index < -0.39 is 11.9 Å². The second kappa shape index (κ2) is 7.94. The van der Waals surface area contributed by atoms with Crippen molar-refractivity contribution >= 4 is 11.9 Å². The molecule has 0 aliphatic carbocycles. The Morgan fingerprint density at radius 1 is 1.20 bits per heavy atom. The zero-order valence-corrected chi connectivity index (χ0v) is 11.6. The first kappa shape index (κ1) is 15.7. The number of carboxylic acids is 1. The van der Waals surface area contributed by atoms with Gasteiger partial charge in [-0.1, -0.05) is 36.4 Å². The number of rotatable bonds is 6. The van der Waals surface area contributed by atoms with Crippen molar-refractivity contribution < 1.29 is 19.4 Å². The van der Waals surface area contributed by atoms with Gasteiger partial charge < -0.3 is 9.84 Å². The lowest BCUT2D eigenvalue weighted by Gasteiger charge is -2.09. The lowest BCUT2D eigenvalue weighted by atomic mass is 10.0. The van der Waals surface area contributed by atoms with E-state index in [1.54, 1.807) is 13.8 Å². The molecule has 0 heterocycles. The van der Waals surface area contributed by atoms with Gasteiger partial charge >= 0.3 is 11.9 Å². The molecule has 106 valence electrons. The first-order valence-electron chi connectivity index (χ1n) is 6.36. The van der Waals surface area contributed by atoms with E-state index >= 15 is 0 Å². The number of esters is 1. The van der Waals surface area contributed by atoms with Crippen molar-refractivity contribution in [2.75, 3.05) is 6.61 Å². The fourth-order valence-electron chi connectivity index (χ4n) is 1.69. The zero-order chi connectivity index (χ0) is 15.0. The Morgan fingerprint density at radius 2 is 1.85 bits per heavy atom. The van der Waals surface area contributed by atoms with Gasteiger partial charge in [-0.15, -0.1) is 0 Å². The molecule has 0 spiro atoms. The van der Waals surface area contributed by atoms with Crippen LogP contribution in [-0.2, 0) is 20.7 Å². The van der Waals surface area contributed by atoms with Crippen LogP contribution in [0, 0.1) is 0 Å². The molecule has 0 amide bonds. The quantitative estimate of drug-likeness (QED) is 0.492. The third-order valence-electron chi connectivity index (χ3n) is 2.70. The van der Waals surface area contributed by atoms with Gasteiger partial charge in [-0.3, -0.25) is 0 Å². The molecule has 0 aromatic heterocycles. The van der Waals surface area contributed by atoms with Crippen molar-refractivity contribution in [3.8, 4) is 0 Å². The number of benzene rings is 1. The number of allylic oxidation sites excluding steroid dienone is 2. The molecule has 0 aliphatic rings. The highest BCUT2D eigenvalue weighted by Gasteiger charge is 2.13. The van der Waals surface area contributed by atoms with Crippen LogP contribution in [0.1, 0.15) is 19.4 Å². The molecule has 0 atom stereocenters. The van der Waals surface area contributed by atoms with Crippen LogP contribution in [0.25, 0.3) is 0 Å². The molecule has 0 aliphatic heterocycles. The van der Waals surface area contributed by atoms with E-state index in [4.69, 9.17) is 9.84 Å². The van der Waals surface area contributed by atoms with Gasteiger partial charge in [0.25, 0.3) is 0 Å². The average Bonchev–Trinajstić information content (AvgIpc) is 2.43. The third-order valence-corrected chi connectivity index (χ3v) is 2.70. The van der Waals surface area contributed by atoms with Crippen molar-refractivity contribution in [2.45, 2.75) is 20.3 Å². The van der Waals surface area contributed by atoms with Crippen molar-refractivity contribution in [1.29, 1.82) is 0 Å². The van der Waals surface area contributed by atoms with Gasteiger partial charge in [-0.2, -0.15) is 0 Å². The summed E-state index contributed by atoms with van der Waals surface area (Å²) in [6, 6.07) is 9.50. The van der Waals surface area contributed by atoms with Crippen LogP contribution in [0.2, 0.25) is 0 Å². The second-order valence-corrected chi connectivity index (χ2v) is 4.22. The minimum Gasteiger partial charge on any atom is -0.478 e. The molecular weight excluding hydrogens is 256 g/mol. The van der Waals surface area contributed by atoms with Crippen LogP contribution in [0.5, 0.6) is 0 Å². The van der Waals surface area contributed by atoms with Crippen molar-refractivity contribution in [3.63, 3.8) is 0 Å². The van der Waals surface area contributed by atoms with Crippen molar-refractivity contribution in [3.05, 3.63) is 59.2 Å². The minimum absolute atomic E-state index is 0.285. The predicted molar refractivity (Wildman–Crippen MR) is 76.3 cm³/mol. The summed E-state index contributed by atoms with van der Waals surface area (Å²) >= 11 is 0. The SMILES string of the molecule is CCOC(=O)/C(Cc1ccccc1)=C(C)\C=C\C(=O)O. The Kier molecular flexibility index (Phi) is 6.23. The fraction of sp³-hybridized carbons (Fsp3) is 0.250. The molecule has 20 heavy (non-hydrogen) atoms. The van der Waals surface area contributed by atoms with E-state index in [0.717, 1.165) is 11.6 Å². The maximum absolute atomic E-state index is 12.0. The number of ether oxygens (including phenoxy) is 1. The van der Waals surface area contributed by atoms with Crippen LogP contribution in [-0.4, -0.2) is 23.7 Å². The molecule has 1 aromatic rings. The highest BCUT2D eigenvalue weighted by atomic mass is 16.5. The van der Waals surface area contributed by atoms with Gasteiger partial charge in [0.2, 0.25) is 0 Å². The summed E-state index contributed by atoms with van der Waals surface area (Å²) in [4.78, 5) is 22.5. The summed E-state index contributed by atoms with van der Waals surface area (Å²) < 4.78 is 5.03. The molecule has 0 fully saturated rings. The van der Waals surface area contributed by atoms with Gasteiger partial charge in [-0.05, 0) is 25.0 Å². The molecule has 4 heteroatoms. The molecule has 0 saturated heterocycles. The van der Waals surface area contributed by atoms with E-state index in [-0.39, 0.29) is 6.61 Å². The van der Waals surface area contributed by atoms with Crippen LogP contribution >= 0.6 is 0 Å². The van der Waals surface area contributed by atoms with Crippen molar-refractivity contribution in [2.24, 2.45) is 0 Å². The van der Waals surface area contributed by atoms with Gasteiger partial charge in [0.05, 0.1) is 6.61 Å². The van der Waals surface area contributed by atoms with Gasteiger partial charge in [-0.25, -0.2) is 9.59 Å². The Hall–Kier alpha value is -2.36. The number of carboxylic acid groups (broad SMARTS) is 1. The van der Waals surface area contributed by atoms with Crippen LogP contribution in [0.15, 0.2) is 53.6 Å². The summed E-state index contributed by atoms with van der Waals surface area (Å²) in [5, 5.41) is 8.65. The van der Waals surface area contributed by atoms with Crippen LogP contribution < -0.4 is 0 Å². The Balaban J connectivity index is 3.04. The maximum Gasteiger partial charge on any atom is 0.334 e. The Morgan fingerprint density at radius 3 is 2.40 bits per heavy atom. The van der Waals surface area contributed by atoms with E-state index in [1.165, 1.54) is 6.08 Å². The number of hydrogen-bond acceptors (Lipinski definition) is 3. The molecule has 1 rings (SSSR count). The largest absolute Gasteiger partial charge is 0.478 e. The monoisotopic (exact) mass is 274 g/mol. The first-order valence-corrected chi connectivity index (χ1v) is 6.36. The van der Waals surface area contributed by atoms with Gasteiger partial charge in [0.1, 0.15) is 0 Å². The lowest BCUT2D eigenvalue weighted by molar-refractivity contribution is -0.138. The second-order valence-electron chi connectivity index (χ2n) is 4.22. The van der Waals surface area contributed by atoms with E-state index in [2.05, 4.69) is 0 Å². The Bertz CT molecular complexity index is 527. The van der Waals surface area contributed by atoms with E-state index in [9.17, 15) is 9.59 Å². The summed E-state index contributed by atoms with van der Waals surface area (Å²) in [5.41, 5.74) is 2.03. The summed E-state index contributed by atoms with van der Waals surface area (Å²) in [6.07, 6.45) is 2.84. The zero-order valence-electron chi connectivity index (χ0n) is 11.6. The van der Waals surface area contributed by atoms with Gasteiger partial charge in [0, 0.05) is 18.1 Å². The highest BCUT2D eigenvalue weighted by Crippen LogP contribution is 2.15. The molecule has 0 radical (unpaired) electrons. The molecular formula is C16H18O4. The summed E-state index contributed by atoms with van der Waals surface area (Å²) in [5.74, 6) is -1.46. The smallest absolute Gasteiger partial charge is 0.334 e. The maximum atomic E-state index is 12.0. The first-order chi connectivity index (χ1) is 9.54. The van der Waals surface area contributed by atoms with Crippen molar-refractivity contribution in [1.82, 2.24) is 0 Å². The highest BCUT2D eigenvalue weighted by molar-refractivity contribution is 5.91. The molecule has 1 N–H and O–H groups in total. The molecule has 0 bridgehead atoms. The third kappa shape index (κ3) is 5.10. The molecule has 0 unspecified atom stereocenters. The fourth-order valence-corrected chi connectivity index (χ4v) is 1.69. The molecule has 4 nitrogen and oxygen atoms in total. The van der Waals surface area contributed by atoms with Gasteiger partial charge in [0.15, 0.2) is 0 Å². The van der Waals surface area contributed by atoms with Crippen LogP contribution in [0.4, 0.5) is 0 Å². The number of carbonyl (C=O) groups is 2. The lowest BCUT2D eigenvalue weighted by Crippen LogP contribution is -2.11. The summed E-state index contributed by atoms with van der Waals surface area (Å²) in [7, 11) is 0. The topological polar surface area (TPSA) is 63.6 Å². The molecule has 1 aromatic carbocycles. The number of carbonyl (C=O) groups excluding carboxylic acids is 1. The van der Waals surface area contributed by atoms with E-state index in [1.807, 2.05) is 30.3 Å².